The lowest BCUT2D eigenvalue weighted by molar-refractivity contribution is 1.06. The maximum absolute atomic E-state index is 5.22. The van der Waals surface area contributed by atoms with E-state index < -0.39 is 0 Å². The molecular weight excluding hydrogens is 228 g/mol. The number of nitrogens with two attached hydrogens (primary N) is 2. The van der Waals surface area contributed by atoms with Crippen LogP contribution < -0.4 is 11.5 Å². The van der Waals surface area contributed by atoms with E-state index in [2.05, 4.69) is 15.2 Å². The maximum atomic E-state index is 5.22. The molecule has 0 unspecified atom stereocenters. The van der Waals surface area contributed by atoms with Gasteiger partial charge in [0.25, 0.3) is 0 Å². The van der Waals surface area contributed by atoms with Gasteiger partial charge in [-0.2, -0.15) is 5.10 Å². The number of rotatable bonds is 3. The van der Waals surface area contributed by atoms with Crippen LogP contribution in [0.5, 0.6) is 0 Å². The number of imidazole rings is 1. The third-order valence-electron chi connectivity index (χ3n) is 2.40. The molecule has 4 N–H and O–H groups in total. The molecule has 1 heterocycles. The Labute approximate surface area is 105 Å². The summed E-state index contributed by atoms with van der Waals surface area (Å²) in [6.45, 7) is 1.85. The molecule has 0 spiro atoms. The van der Waals surface area contributed by atoms with E-state index in [-0.39, 0.29) is 5.96 Å². The van der Waals surface area contributed by atoms with Crippen LogP contribution in [0.1, 0.15) is 12.5 Å². The standard InChI is InChI=1S/C12H14N6/c1-9(16-17-12(13)14)10-2-4-11(5-3-10)18-7-6-15-8-18/h2-8H,1H3,(H4,13,14,17). The van der Waals surface area contributed by atoms with E-state index in [1.807, 2.05) is 42.0 Å². The molecule has 0 amide bonds. The fourth-order valence-electron chi connectivity index (χ4n) is 1.48. The first kappa shape index (κ1) is 11.8. The number of aromatic nitrogens is 2. The molecule has 92 valence electrons. The Balaban J connectivity index is 2.23. The van der Waals surface area contributed by atoms with Crippen LogP contribution in [-0.4, -0.2) is 21.2 Å². The predicted molar refractivity (Wildman–Crippen MR) is 71.6 cm³/mol. The second kappa shape index (κ2) is 5.13. The van der Waals surface area contributed by atoms with Crippen LogP contribution in [0.15, 0.2) is 53.2 Å². The molecule has 0 aliphatic heterocycles. The SMILES string of the molecule is CC(=NN=C(N)N)c1ccc(-n2ccnc2)cc1. The van der Waals surface area contributed by atoms with Crippen molar-refractivity contribution in [3.63, 3.8) is 0 Å². The highest BCUT2D eigenvalue weighted by Crippen LogP contribution is 2.10. The van der Waals surface area contributed by atoms with Gasteiger partial charge in [0.1, 0.15) is 0 Å². The average Bonchev–Trinajstić information content (AvgIpc) is 2.90. The molecule has 6 heteroatoms. The number of hydrogen-bond acceptors (Lipinski definition) is 3. The summed E-state index contributed by atoms with van der Waals surface area (Å²) in [5, 5.41) is 7.54. The molecule has 1 aromatic carbocycles. The highest BCUT2D eigenvalue weighted by molar-refractivity contribution is 5.99. The van der Waals surface area contributed by atoms with E-state index in [0.717, 1.165) is 17.0 Å². The lowest BCUT2D eigenvalue weighted by atomic mass is 10.1. The zero-order valence-corrected chi connectivity index (χ0v) is 9.99. The van der Waals surface area contributed by atoms with E-state index in [0.29, 0.717) is 0 Å². The molecule has 6 nitrogen and oxygen atoms in total. The lowest BCUT2D eigenvalue weighted by Crippen LogP contribution is -2.22. The average molecular weight is 242 g/mol. The summed E-state index contributed by atoms with van der Waals surface area (Å²) in [6.07, 6.45) is 5.37. The molecule has 0 radical (unpaired) electrons. The number of benzene rings is 1. The Bertz CT molecular complexity index is 561. The fourth-order valence-corrected chi connectivity index (χ4v) is 1.48. The summed E-state index contributed by atoms with van der Waals surface area (Å²) in [6, 6.07) is 7.86. The van der Waals surface area contributed by atoms with Crippen molar-refractivity contribution in [2.75, 3.05) is 0 Å². The van der Waals surface area contributed by atoms with Crippen LogP contribution in [0.25, 0.3) is 5.69 Å². The quantitative estimate of drug-likeness (QED) is 0.475. The first-order valence-corrected chi connectivity index (χ1v) is 5.39. The monoisotopic (exact) mass is 242 g/mol. The third-order valence-corrected chi connectivity index (χ3v) is 2.40. The zero-order valence-electron chi connectivity index (χ0n) is 9.99. The van der Waals surface area contributed by atoms with Gasteiger partial charge in [-0.1, -0.05) is 12.1 Å². The van der Waals surface area contributed by atoms with Gasteiger partial charge < -0.3 is 16.0 Å². The summed E-state index contributed by atoms with van der Waals surface area (Å²) in [7, 11) is 0. The zero-order chi connectivity index (χ0) is 13.0. The van der Waals surface area contributed by atoms with Crippen LogP contribution in [0.4, 0.5) is 0 Å². The van der Waals surface area contributed by atoms with Crippen LogP contribution in [0.2, 0.25) is 0 Å². The van der Waals surface area contributed by atoms with Crippen molar-refractivity contribution in [1.29, 1.82) is 0 Å². The van der Waals surface area contributed by atoms with Gasteiger partial charge in [0.15, 0.2) is 0 Å². The smallest absolute Gasteiger partial charge is 0.211 e. The highest BCUT2D eigenvalue weighted by atomic mass is 15.3. The number of guanidine groups is 1. The lowest BCUT2D eigenvalue weighted by Gasteiger charge is -2.03. The van der Waals surface area contributed by atoms with E-state index in [4.69, 9.17) is 11.5 Å². The van der Waals surface area contributed by atoms with Crippen LogP contribution >= 0.6 is 0 Å². The van der Waals surface area contributed by atoms with Crippen molar-refractivity contribution in [2.24, 2.45) is 21.7 Å². The summed E-state index contributed by atoms with van der Waals surface area (Å²) in [4.78, 5) is 4.00. The minimum atomic E-state index is -0.0515. The fraction of sp³-hybridized carbons (Fsp3) is 0.0833. The number of hydrogen-bond donors (Lipinski definition) is 2. The Morgan fingerprint density at radius 1 is 1.17 bits per heavy atom. The van der Waals surface area contributed by atoms with E-state index >= 15 is 0 Å². The molecule has 0 bridgehead atoms. The molecular formula is C12H14N6. The van der Waals surface area contributed by atoms with E-state index in [1.165, 1.54) is 0 Å². The summed E-state index contributed by atoms with van der Waals surface area (Å²) < 4.78 is 1.92. The molecule has 0 aliphatic rings. The molecule has 2 rings (SSSR count). The van der Waals surface area contributed by atoms with Crippen molar-refractivity contribution in [1.82, 2.24) is 9.55 Å². The van der Waals surface area contributed by atoms with Crippen LogP contribution in [-0.2, 0) is 0 Å². The maximum Gasteiger partial charge on any atom is 0.211 e. The van der Waals surface area contributed by atoms with Gasteiger partial charge in [0, 0.05) is 18.1 Å². The Morgan fingerprint density at radius 2 is 1.89 bits per heavy atom. The highest BCUT2D eigenvalue weighted by Gasteiger charge is 1.99. The molecule has 1 aromatic heterocycles. The second-order valence-electron chi connectivity index (χ2n) is 3.73. The number of nitrogens with zero attached hydrogens (tertiary/aromatic N) is 4. The minimum absolute atomic E-state index is 0.0515. The Hall–Kier alpha value is -2.63. The van der Waals surface area contributed by atoms with Crippen molar-refractivity contribution in [2.45, 2.75) is 6.92 Å². The summed E-state index contributed by atoms with van der Waals surface area (Å²) in [5.74, 6) is -0.0515. The summed E-state index contributed by atoms with van der Waals surface area (Å²) in [5.41, 5.74) is 13.2. The molecule has 18 heavy (non-hydrogen) atoms. The van der Waals surface area contributed by atoms with Gasteiger partial charge in [-0.15, -0.1) is 5.10 Å². The molecule has 0 saturated heterocycles. The van der Waals surface area contributed by atoms with Gasteiger partial charge in [0.05, 0.1) is 12.0 Å². The van der Waals surface area contributed by atoms with Crippen molar-refractivity contribution >= 4 is 11.7 Å². The van der Waals surface area contributed by atoms with Crippen LogP contribution in [0, 0.1) is 0 Å². The van der Waals surface area contributed by atoms with Gasteiger partial charge in [-0.3, -0.25) is 0 Å². The van der Waals surface area contributed by atoms with Crippen LogP contribution in [0.3, 0.4) is 0 Å². The third kappa shape index (κ3) is 2.73. The van der Waals surface area contributed by atoms with Crippen molar-refractivity contribution < 1.29 is 0 Å². The largest absolute Gasteiger partial charge is 0.369 e. The van der Waals surface area contributed by atoms with Gasteiger partial charge in [0.2, 0.25) is 5.96 Å². The molecule has 0 atom stereocenters. The van der Waals surface area contributed by atoms with E-state index in [9.17, 15) is 0 Å². The summed E-state index contributed by atoms with van der Waals surface area (Å²) >= 11 is 0. The first-order valence-electron chi connectivity index (χ1n) is 5.39. The predicted octanol–water partition coefficient (Wildman–Crippen LogP) is 0.870. The van der Waals surface area contributed by atoms with Gasteiger partial charge in [-0.25, -0.2) is 4.98 Å². The van der Waals surface area contributed by atoms with Crippen molar-refractivity contribution in [3.05, 3.63) is 48.5 Å². The molecule has 0 fully saturated rings. The topological polar surface area (TPSA) is 94.6 Å². The Kier molecular flexibility index (Phi) is 3.38. The molecule has 2 aromatic rings. The van der Waals surface area contributed by atoms with Crippen molar-refractivity contribution in [3.8, 4) is 5.69 Å². The second-order valence-corrected chi connectivity index (χ2v) is 3.73. The van der Waals surface area contributed by atoms with Gasteiger partial charge >= 0.3 is 0 Å². The van der Waals surface area contributed by atoms with E-state index in [1.54, 1.807) is 12.5 Å². The molecule has 0 saturated carbocycles. The molecule has 0 aliphatic carbocycles. The minimum Gasteiger partial charge on any atom is -0.369 e. The Morgan fingerprint density at radius 3 is 2.44 bits per heavy atom. The normalized spacial score (nSPS) is 11.3. The first-order chi connectivity index (χ1) is 8.66. The van der Waals surface area contributed by atoms with Gasteiger partial charge in [-0.05, 0) is 24.6 Å².